The highest BCUT2D eigenvalue weighted by molar-refractivity contribution is 6.35. The van der Waals surface area contributed by atoms with Crippen molar-refractivity contribution in [3.8, 4) is 0 Å². The van der Waals surface area contributed by atoms with Crippen LogP contribution in [0, 0.1) is 13.8 Å². The van der Waals surface area contributed by atoms with Crippen molar-refractivity contribution in [2.75, 3.05) is 11.4 Å². The molecule has 1 aromatic heterocycles. The van der Waals surface area contributed by atoms with Crippen molar-refractivity contribution < 1.29 is 4.79 Å². The quantitative estimate of drug-likeness (QED) is 0.345. The monoisotopic (exact) mass is 463 g/mol. The van der Waals surface area contributed by atoms with Crippen LogP contribution in [-0.2, 0) is 11.3 Å². The maximum atomic E-state index is 13.0. The minimum absolute atomic E-state index is 0.00155. The number of benzene rings is 3. The van der Waals surface area contributed by atoms with Crippen LogP contribution in [0.25, 0.3) is 11.0 Å². The second kappa shape index (κ2) is 8.27. The number of nitrogens with zero attached hydrogens (tertiary/aromatic N) is 3. The zero-order valence-electron chi connectivity index (χ0n) is 18.0. The van der Waals surface area contributed by atoms with E-state index in [1.54, 1.807) is 6.07 Å². The van der Waals surface area contributed by atoms with Gasteiger partial charge in [-0.3, -0.25) is 4.79 Å². The number of carbonyl (C=O) groups is 1. The Hall–Kier alpha value is -2.82. The fourth-order valence-electron chi connectivity index (χ4n) is 4.61. The van der Waals surface area contributed by atoms with Crippen LogP contribution in [0.4, 0.5) is 5.69 Å². The molecule has 1 atom stereocenters. The summed E-state index contributed by atoms with van der Waals surface area (Å²) in [5.41, 5.74) is 6.20. The molecule has 4 nitrogen and oxygen atoms in total. The van der Waals surface area contributed by atoms with E-state index < -0.39 is 0 Å². The van der Waals surface area contributed by atoms with E-state index in [9.17, 15) is 4.79 Å². The largest absolute Gasteiger partial charge is 0.323 e. The third-order valence-electron chi connectivity index (χ3n) is 6.16. The van der Waals surface area contributed by atoms with Crippen LogP contribution in [0.15, 0.2) is 60.7 Å². The Morgan fingerprint density at radius 2 is 1.84 bits per heavy atom. The first-order valence-electron chi connectivity index (χ1n) is 10.7. The fraction of sp³-hybridized carbons (Fsp3) is 0.231. The number of rotatable bonds is 4. The van der Waals surface area contributed by atoms with Gasteiger partial charge in [-0.15, -0.1) is 0 Å². The molecule has 1 aliphatic rings. The Kier molecular flexibility index (Phi) is 5.44. The van der Waals surface area contributed by atoms with Crippen LogP contribution in [0.1, 0.15) is 34.9 Å². The predicted molar refractivity (Wildman–Crippen MR) is 131 cm³/mol. The predicted octanol–water partition coefficient (Wildman–Crippen LogP) is 6.53. The topological polar surface area (TPSA) is 38.1 Å². The van der Waals surface area contributed by atoms with Crippen molar-refractivity contribution in [2.24, 2.45) is 0 Å². The number of amides is 1. The van der Waals surface area contributed by atoms with Gasteiger partial charge in [0.1, 0.15) is 5.82 Å². The molecule has 6 heteroatoms. The number of para-hydroxylation sites is 2. The van der Waals surface area contributed by atoms with Crippen LogP contribution in [0.2, 0.25) is 10.0 Å². The first kappa shape index (κ1) is 21.0. The number of aryl methyl sites for hydroxylation is 2. The van der Waals surface area contributed by atoms with Gasteiger partial charge in [0.05, 0.1) is 17.6 Å². The molecule has 0 aliphatic carbocycles. The molecule has 5 rings (SSSR count). The van der Waals surface area contributed by atoms with Crippen molar-refractivity contribution in [2.45, 2.75) is 32.7 Å². The van der Waals surface area contributed by atoms with Gasteiger partial charge in [-0.2, -0.15) is 0 Å². The molecule has 0 radical (unpaired) electrons. The van der Waals surface area contributed by atoms with E-state index in [1.165, 1.54) is 5.56 Å². The van der Waals surface area contributed by atoms with Crippen LogP contribution in [-0.4, -0.2) is 22.0 Å². The summed E-state index contributed by atoms with van der Waals surface area (Å²) in [4.78, 5) is 19.9. The molecular weight excluding hydrogens is 441 g/mol. The maximum Gasteiger partial charge on any atom is 0.227 e. The second-order valence-electron chi connectivity index (χ2n) is 8.48. The van der Waals surface area contributed by atoms with E-state index in [1.807, 2.05) is 41.3 Å². The van der Waals surface area contributed by atoms with Crippen LogP contribution in [0.5, 0.6) is 0 Å². The van der Waals surface area contributed by atoms with Gasteiger partial charge < -0.3 is 9.47 Å². The Labute approximate surface area is 197 Å². The SMILES string of the molecule is Cc1ccc(N2CC(c3nc4ccccc4n3Cc3ccc(Cl)cc3Cl)CC2=O)c(C)c1. The van der Waals surface area contributed by atoms with Crippen molar-refractivity contribution in [1.29, 1.82) is 0 Å². The van der Waals surface area contributed by atoms with Crippen molar-refractivity contribution >= 4 is 45.8 Å². The molecule has 0 saturated carbocycles. The number of aromatic nitrogens is 2. The molecule has 1 fully saturated rings. The Bertz CT molecular complexity index is 1340. The summed E-state index contributed by atoms with van der Waals surface area (Å²) in [6.45, 7) is 5.30. The lowest BCUT2D eigenvalue weighted by molar-refractivity contribution is -0.117. The number of hydrogen-bond acceptors (Lipinski definition) is 2. The molecule has 1 amide bonds. The molecular formula is C26H23Cl2N3O. The summed E-state index contributed by atoms with van der Waals surface area (Å²) in [7, 11) is 0. The van der Waals surface area contributed by atoms with Gasteiger partial charge in [-0.05, 0) is 55.3 Å². The molecule has 162 valence electrons. The average molecular weight is 464 g/mol. The second-order valence-corrected chi connectivity index (χ2v) is 9.32. The van der Waals surface area contributed by atoms with Crippen molar-refractivity contribution in [1.82, 2.24) is 9.55 Å². The highest BCUT2D eigenvalue weighted by atomic mass is 35.5. The van der Waals surface area contributed by atoms with E-state index in [0.717, 1.165) is 33.7 Å². The molecule has 3 aromatic carbocycles. The van der Waals surface area contributed by atoms with Crippen molar-refractivity contribution in [3.63, 3.8) is 0 Å². The molecule has 2 heterocycles. The fourth-order valence-corrected chi connectivity index (χ4v) is 5.08. The van der Waals surface area contributed by atoms with Crippen LogP contribution in [0.3, 0.4) is 0 Å². The Morgan fingerprint density at radius 3 is 2.62 bits per heavy atom. The number of hydrogen-bond donors (Lipinski definition) is 0. The third-order valence-corrected chi connectivity index (χ3v) is 6.75. The van der Waals surface area contributed by atoms with Gasteiger partial charge >= 0.3 is 0 Å². The zero-order chi connectivity index (χ0) is 22.4. The zero-order valence-corrected chi connectivity index (χ0v) is 19.5. The normalized spacial score (nSPS) is 16.3. The number of fused-ring (bicyclic) bond motifs is 1. The van der Waals surface area contributed by atoms with E-state index in [0.29, 0.717) is 29.6 Å². The summed E-state index contributed by atoms with van der Waals surface area (Å²) >= 11 is 12.6. The Balaban J connectivity index is 1.54. The van der Waals surface area contributed by atoms with Gasteiger partial charge in [-0.1, -0.05) is 59.1 Å². The van der Waals surface area contributed by atoms with Gasteiger partial charge in [0, 0.05) is 34.6 Å². The highest BCUT2D eigenvalue weighted by Gasteiger charge is 2.35. The van der Waals surface area contributed by atoms with E-state index in [4.69, 9.17) is 28.2 Å². The molecule has 0 spiro atoms. The van der Waals surface area contributed by atoms with E-state index in [-0.39, 0.29) is 11.8 Å². The van der Waals surface area contributed by atoms with E-state index in [2.05, 4.69) is 36.6 Å². The van der Waals surface area contributed by atoms with Gasteiger partial charge in [0.2, 0.25) is 5.91 Å². The van der Waals surface area contributed by atoms with Crippen LogP contribution >= 0.6 is 23.2 Å². The first-order chi connectivity index (χ1) is 15.4. The molecule has 4 aromatic rings. The minimum Gasteiger partial charge on any atom is -0.323 e. The van der Waals surface area contributed by atoms with Gasteiger partial charge in [0.15, 0.2) is 0 Å². The lowest BCUT2D eigenvalue weighted by Gasteiger charge is -2.20. The number of halogens is 2. The lowest BCUT2D eigenvalue weighted by atomic mass is 10.1. The third kappa shape index (κ3) is 3.78. The summed E-state index contributed by atoms with van der Waals surface area (Å²) in [5, 5.41) is 1.24. The lowest BCUT2D eigenvalue weighted by Crippen LogP contribution is -2.25. The number of carbonyl (C=O) groups excluding carboxylic acids is 1. The molecule has 1 unspecified atom stereocenters. The summed E-state index contributed by atoms with van der Waals surface area (Å²) in [6, 6.07) is 19.9. The molecule has 0 bridgehead atoms. The number of imidazole rings is 1. The minimum atomic E-state index is 0.00155. The molecule has 1 aliphatic heterocycles. The molecule has 32 heavy (non-hydrogen) atoms. The first-order valence-corrected chi connectivity index (χ1v) is 11.4. The maximum absolute atomic E-state index is 13.0. The summed E-state index contributed by atoms with van der Waals surface area (Å²) in [5.74, 6) is 1.05. The van der Waals surface area contributed by atoms with Gasteiger partial charge in [0.25, 0.3) is 0 Å². The Morgan fingerprint density at radius 1 is 1.03 bits per heavy atom. The van der Waals surface area contributed by atoms with E-state index >= 15 is 0 Å². The van der Waals surface area contributed by atoms with Crippen molar-refractivity contribution in [3.05, 3.63) is 93.2 Å². The summed E-state index contributed by atoms with van der Waals surface area (Å²) < 4.78 is 2.19. The smallest absolute Gasteiger partial charge is 0.227 e. The average Bonchev–Trinajstić information content (AvgIpc) is 3.31. The molecule has 0 N–H and O–H groups in total. The standard InChI is InChI=1S/C26H23Cl2N3O/c1-16-7-10-23(17(2)11-16)30-15-19(12-25(30)32)26-29-22-5-3-4-6-24(22)31(26)14-18-8-9-20(27)13-21(18)28/h3-11,13,19H,12,14-15H2,1-2H3. The molecule has 1 saturated heterocycles. The highest BCUT2D eigenvalue weighted by Crippen LogP contribution is 2.35. The summed E-state index contributed by atoms with van der Waals surface area (Å²) in [6.07, 6.45) is 0.436. The van der Waals surface area contributed by atoms with Gasteiger partial charge in [-0.25, -0.2) is 4.98 Å². The number of anilines is 1. The van der Waals surface area contributed by atoms with Crippen LogP contribution < -0.4 is 4.90 Å².